The van der Waals surface area contributed by atoms with Crippen LogP contribution >= 0.6 is 7.82 Å². The van der Waals surface area contributed by atoms with Crippen LogP contribution in [0.5, 0.6) is 0 Å². The molecule has 0 aromatic carbocycles. The molecule has 0 spiro atoms. The predicted molar refractivity (Wildman–Crippen MR) is 239 cm³/mol. The minimum atomic E-state index is -4.83. The van der Waals surface area contributed by atoms with Gasteiger partial charge in [0.2, 0.25) is 0 Å². The van der Waals surface area contributed by atoms with Gasteiger partial charge in [-0.05, 0) is 64.2 Å². The van der Waals surface area contributed by atoms with E-state index < -0.39 is 76.0 Å². The number of hydrogen-bond acceptors (Lipinski definition) is 12. The lowest BCUT2D eigenvalue weighted by Gasteiger charge is -2.20. The Labute approximate surface area is 363 Å². The first-order valence-electron chi connectivity index (χ1n) is 21.6. The van der Waals surface area contributed by atoms with Gasteiger partial charge < -0.3 is 40.5 Å². The Hall–Kier alpha value is -3.72. The summed E-state index contributed by atoms with van der Waals surface area (Å²) in [6.45, 7) is 2.18. The number of carboxylic acid groups (broad SMARTS) is 1. The maximum absolute atomic E-state index is 12.7. The smallest absolute Gasteiger partial charge is 0.472 e. The molecule has 0 bridgehead atoms. The van der Waals surface area contributed by atoms with Crippen LogP contribution in [-0.2, 0) is 37.5 Å². The number of aliphatic carboxylic acids is 1. The Kier molecular flexibility index (Phi) is 36.8. The van der Waals surface area contributed by atoms with E-state index in [1.54, 1.807) is 42.5 Å². The lowest BCUT2D eigenvalue weighted by Crippen LogP contribution is -2.34. The van der Waals surface area contributed by atoms with Crippen molar-refractivity contribution in [2.24, 2.45) is 5.73 Å². The summed E-state index contributed by atoms with van der Waals surface area (Å²) in [4.78, 5) is 46.0. The monoisotopic (exact) mass is 879 g/mol. The number of hydrogen-bond donors (Lipinski definition) is 6. The molecule has 0 heterocycles. The van der Waals surface area contributed by atoms with Crippen LogP contribution < -0.4 is 5.73 Å². The molecule has 0 aliphatic rings. The van der Waals surface area contributed by atoms with Gasteiger partial charge in [0.1, 0.15) is 12.6 Å². The number of unbranched alkanes of at least 4 members (excludes halogenated alkanes) is 6. The standard InChI is InChI=1S/C46H74NO13P/c1-3-5-7-8-9-10-11-12-13-14-15-16-17-18-19-24-28-34-44(51)57-36-40(37-58-61(55,56)59-38-41(47)46(53)54)60-45(52)35-29-33-43(50)42(49)32-27-23-21-20-22-26-31-39(48)30-25-6-4-2/h5,7,9-10,12-13,15-16,20-23,26-27,31-32,39-43,48-50H,3-4,6,8,11,14,17-19,24-25,28-30,33-38,47H2,1-2H3,(H,53,54)(H,55,56)/b7-5-,10-9-,13-12-,16-15-,22-20-,23-21+,31-26+,32-27+/t39-,40+,41-,42-,43-/m0/s1. The summed E-state index contributed by atoms with van der Waals surface area (Å²) in [7, 11) is -4.83. The number of nitrogens with two attached hydrogens (primary N) is 1. The number of aliphatic hydroxyl groups excluding tert-OH is 3. The summed E-state index contributed by atoms with van der Waals surface area (Å²) in [6.07, 6.45) is 38.4. The van der Waals surface area contributed by atoms with E-state index in [2.05, 4.69) is 67.0 Å². The lowest BCUT2D eigenvalue weighted by atomic mass is 10.1. The number of phosphoric ester groups is 1. The molecule has 6 atom stereocenters. The van der Waals surface area contributed by atoms with Crippen molar-refractivity contribution in [1.82, 2.24) is 0 Å². The minimum Gasteiger partial charge on any atom is -0.480 e. The zero-order valence-corrected chi connectivity index (χ0v) is 37.2. The van der Waals surface area contributed by atoms with Crippen LogP contribution in [0.15, 0.2) is 97.2 Å². The van der Waals surface area contributed by atoms with Crippen LogP contribution in [-0.4, -0.2) is 93.5 Å². The van der Waals surface area contributed by atoms with Crippen molar-refractivity contribution in [2.75, 3.05) is 19.8 Å². The number of carbonyl (C=O) groups is 3. The fraction of sp³-hybridized carbons (Fsp3) is 0.587. The third-order valence-corrected chi connectivity index (χ3v) is 9.63. The number of allylic oxidation sites excluding steroid dienone is 14. The van der Waals surface area contributed by atoms with Gasteiger partial charge in [-0.1, -0.05) is 143 Å². The Morgan fingerprint density at radius 3 is 1.85 bits per heavy atom. The van der Waals surface area contributed by atoms with Gasteiger partial charge in [-0.25, -0.2) is 4.57 Å². The molecule has 0 aliphatic carbocycles. The average Bonchev–Trinajstić information content (AvgIpc) is 3.22. The number of aliphatic hydroxyl groups is 3. The molecule has 61 heavy (non-hydrogen) atoms. The van der Waals surface area contributed by atoms with Gasteiger partial charge in [-0.3, -0.25) is 23.4 Å². The zero-order valence-electron chi connectivity index (χ0n) is 36.3. The van der Waals surface area contributed by atoms with Crippen LogP contribution in [0.3, 0.4) is 0 Å². The average molecular weight is 880 g/mol. The van der Waals surface area contributed by atoms with Crippen molar-refractivity contribution < 1.29 is 62.8 Å². The molecule has 0 radical (unpaired) electrons. The highest BCUT2D eigenvalue weighted by Crippen LogP contribution is 2.43. The summed E-state index contributed by atoms with van der Waals surface area (Å²) in [5.74, 6) is -2.80. The van der Waals surface area contributed by atoms with E-state index in [1.807, 2.05) is 0 Å². The minimum absolute atomic E-state index is 0.0404. The van der Waals surface area contributed by atoms with Crippen molar-refractivity contribution in [1.29, 1.82) is 0 Å². The summed E-state index contributed by atoms with van der Waals surface area (Å²) in [6, 6.07) is -1.59. The van der Waals surface area contributed by atoms with Gasteiger partial charge in [0.05, 0.1) is 31.5 Å². The van der Waals surface area contributed by atoms with E-state index in [-0.39, 0.29) is 25.7 Å². The molecule has 15 heteroatoms. The first-order chi connectivity index (χ1) is 29.3. The highest BCUT2D eigenvalue weighted by molar-refractivity contribution is 7.47. The molecule has 0 aromatic heterocycles. The van der Waals surface area contributed by atoms with E-state index in [0.717, 1.165) is 77.0 Å². The molecule has 7 N–H and O–H groups in total. The molecule has 0 fully saturated rings. The number of carbonyl (C=O) groups excluding carboxylic acids is 2. The van der Waals surface area contributed by atoms with Crippen LogP contribution in [0.4, 0.5) is 0 Å². The fourth-order valence-corrected chi connectivity index (χ4v) is 5.92. The van der Waals surface area contributed by atoms with Crippen LogP contribution in [0.2, 0.25) is 0 Å². The summed E-state index contributed by atoms with van der Waals surface area (Å²) < 4.78 is 32.4. The molecular formula is C46H74NO13P. The van der Waals surface area contributed by atoms with Gasteiger partial charge in [0.15, 0.2) is 6.10 Å². The molecule has 0 saturated carbocycles. The molecule has 1 unspecified atom stereocenters. The zero-order chi connectivity index (χ0) is 45.4. The molecule has 346 valence electrons. The normalized spacial score (nSPS) is 16.2. The highest BCUT2D eigenvalue weighted by atomic mass is 31.2. The fourth-order valence-electron chi connectivity index (χ4n) is 5.14. The first-order valence-corrected chi connectivity index (χ1v) is 23.1. The summed E-state index contributed by atoms with van der Waals surface area (Å²) in [5.41, 5.74) is 5.31. The quantitative estimate of drug-likeness (QED) is 0.0113. The molecule has 14 nitrogen and oxygen atoms in total. The summed E-state index contributed by atoms with van der Waals surface area (Å²) in [5, 5.41) is 39.4. The van der Waals surface area contributed by atoms with Crippen molar-refractivity contribution in [2.45, 2.75) is 153 Å². The van der Waals surface area contributed by atoms with E-state index in [1.165, 1.54) is 6.08 Å². The van der Waals surface area contributed by atoms with Gasteiger partial charge in [-0.15, -0.1) is 0 Å². The summed E-state index contributed by atoms with van der Waals surface area (Å²) >= 11 is 0. The second kappa shape index (κ2) is 39.1. The SMILES string of the molecule is CC/C=C\C/C=C\C/C=C\C/C=C\CCCCCCC(=O)OC[C@H](COP(=O)(O)OC[C@H](N)C(=O)O)OC(=O)CCC[C@H](O)[C@@H](O)/C=C/C=C/C=C\C=C\[C@@H](O)CCCCC. The van der Waals surface area contributed by atoms with E-state index in [0.29, 0.717) is 6.42 Å². The molecule has 0 rings (SSSR count). The largest absolute Gasteiger partial charge is 0.480 e. The Balaban J connectivity index is 4.77. The number of esters is 2. The third-order valence-electron chi connectivity index (χ3n) is 8.68. The van der Waals surface area contributed by atoms with Crippen molar-refractivity contribution >= 4 is 25.7 Å². The highest BCUT2D eigenvalue weighted by Gasteiger charge is 2.28. The lowest BCUT2D eigenvalue weighted by molar-refractivity contribution is -0.161. The molecular weight excluding hydrogens is 805 g/mol. The Bertz CT molecular complexity index is 1450. The molecule has 0 saturated heterocycles. The number of ether oxygens (including phenoxy) is 2. The van der Waals surface area contributed by atoms with Crippen molar-refractivity contribution in [3.8, 4) is 0 Å². The van der Waals surface area contributed by atoms with Crippen LogP contribution in [0.1, 0.15) is 123 Å². The third kappa shape index (κ3) is 37.7. The van der Waals surface area contributed by atoms with Gasteiger partial charge >= 0.3 is 25.7 Å². The molecule has 0 aliphatic heterocycles. The van der Waals surface area contributed by atoms with E-state index >= 15 is 0 Å². The predicted octanol–water partition coefficient (Wildman–Crippen LogP) is 8.19. The number of phosphoric acid groups is 1. The van der Waals surface area contributed by atoms with Gasteiger partial charge in [0.25, 0.3) is 0 Å². The van der Waals surface area contributed by atoms with Crippen molar-refractivity contribution in [3.63, 3.8) is 0 Å². The number of carboxylic acids is 1. The van der Waals surface area contributed by atoms with Crippen molar-refractivity contribution in [3.05, 3.63) is 97.2 Å². The molecule has 0 aromatic rings. The number of rotatable bonds is 38. The van der Waals surface area contributed by atoms with E-state index in [9.17, 15) is 39.2 Å². The van der Waals surface area contributed by atoms with Crippen LogP contribution in [0.25, 0.3) is 0 Å². The van der Waals surface area contributed by atoms with Gasteiger partial charge in [0, 0.05) is 12.8 Å². The van der Waals surface area contributed by atoms with Gasteiger partial charge in [-0.2, -0.15) is 0 Å². The van der Waals surface area contributed by atoms with E-state index in [4.69, 9.17) is 24.8 Å². The topological polar surface area (TPSA) is 232 Å². The maximum Gasteiger partial charge on any atom is 0.472 e. The molecule has 0 amide bonds. The second-order valence-electron chi connectivity index (χ2n) is 14.3. The Morgan fingerprint density at radius 2 is 1.21 bits per heavy atom. The Morgan fingerprint density at radius 1 is 0.639 bits per heavy atom. The maximum atomic E-state index is 12.7. The first kappa shape index (κ1) is 57.3. The van der Waals surface area contributed by atoms with Crippen LogP contribution in [0, 0.1) is 0 Å². The second-order valence-corrected chi connectivity index (χ2v) is 15.8.